The monoisotopic (exact) mass is 254 g/mol. The van der Waals surface area contributed by atoms with Crippen LogP contribution >= 0.6 is 0 Å². The van der Waals surface area contributed by atoms with Crippen LogP contribution in [0.2, 0.25) is 0 Å². The quantitative estimate of drug-likeness (QED) is 0.479. The molecule has 0 heteroatoms. The first-order valence-electron chi connectivity index (χ1n) is 8.23. The number of hydrogen-bond acceptors (Lipinski definition) is 0. The van der Waals surface area contributed by atoms with Gasteiger partial charge in [-0.05, 0) is 41.4 Å². The lowest BCUT2D eigenvalue weighted by Crippen LogP contribution is -2.31. The summed E-state index contributed by atoms with van der Waals surface area (Å²) in [5.41, 5.74) is 0. The van der Waals surface area contributed by atoms with Crippen molar-refractivity contribution in [2.45, 2.75) is 75.2 Å². The number of rotatable bonds is 8. The van der Waals surface area contributed by atoms with Crippen LogP contribution in [-0.4, -0.2) is 0 Å². The van der Waals surface area contributed by atoms with Crippen molar-refractivity contribution in [3.05, 3.63) is 0 Å². The summed E-state index contributed by atoms with van der Waals surface area (Å²) < 4.78 is 0. The van der Waals surface area contributed by atoms with E-state index in [1.165, 1.54) is 12.8 Å². The minimum absolute atomic E-state index is 0.804. The Bertz CT molecular complexity index is 204. The van der Waals surface area contributed by atoms with Crippen LogP contribution in [0.3, 0.4) is 0 Å². The molecule has 0 N–H and O–H groups in total. The fraction of sp³-hybridized carbons (Fsp3) is 1.00. The lowest BCUT2D eigenvalue weighted by atomic mass is 9.68. The molecule has 0 aromatic carbocycles. The van der Waals surface area contributed by atoms with Gasteiger partial charge < -0.3 is 0 Å². The van der Waals surface area contributed by atoms with Gasteiger partial charge >= 0.3 is 0 Å². The Morgan fingerprint density at radius 1 is 0.556 bits per heavy atom. The maximum absolute atomic E-state index is 2.49. The van der Waals surface area contributed by atoms with Gasteiger partial charge in [-0.2, -0.15) is 0 Å². The third-order valence-electron chi connectivity index (χ3n) is 5.69. The normalized spacial score (nSPS) is 20.8. The molecule has 0 fully saturated rings. The first-order chi connectivity index (χ1) is 8.23. The van der Waals surface area contributed by atoms with Crippen LogP contribution in [0.1, 0.15) is 75.2 Å². The fourth-order valence-electron chi connectivity index (χ4n) is 3.49. The van der Waals surface area contributed by atoms with Gasteiger partial charge in [0, 0.05) is 0 Å². The standard InChI is InChI=1S/C18H38/c1-10-11-18(13(4)5)17(9)16(8)15(7)14(6)12(2)3/h12-18H,10-11H2,1-9H3. The second-order valence-corrected chi connectivity index (χ2v) is 7.38. The summed E-state index contributed by atoms with van der Waals surface area (Å²) in [5, 5.41) is 0. The van der Waals surface area contributed by atoms with Gasteiger partial charge in [-0.25, -0.2) is 0 Å². The van der Waals surface area contributed by atoms with Gasteiger partial charge in [0.25, 0.3) is 0 Å². The van der Waals surface area contributed by atoms with Crippen molar-refractivity contribution in [2.75, 3.05) is 0 Å². The highest BCUT2D eigenvalue weighted by Gasteiger charge is 2.30. The molecule has 0 aromatic rings. The van der Waals surface area contributed by atoms with E-state index in [4.69, 9.17) is 0 Å². The SMILES string of the molecule is CCCC(C(C)C)C(C)C(C)C(C)C(C)C(C)C. The summed E-state index contributed by atoms with van der Waals surface area (Å²) >= 11 is 0. The van der Waals surface area contributed by atoms with E-state index >= 15 is 0 Å². The van der Waals surface area contributed by atoms with E-state index in [0.717, 1.165) is 41.4 Å². The Morgan fingerprint density at radius 2 is 1.00 bits per heavy atom. The van der Waals surface area contributed by atoms with Gasteiger partial charge in [0.05, 0.1) is 0 Å². The third-order valence-corrected chi connectivity index (χ3v) is 5.69. The molecule has 5 atom stereocenters. The minimum atomic E-state index is 0.804. The molecule has 0 radical (unpaired) electrons. The van der Waals surface area contributed by atoms with E-state index in [1.807, 2.05) is 0 Å². The summed E-state index contributed by atoms with van der Waals surface area (Å²) in [6.07, 6.45) is 2.72. The van der Waals surface area contributed by atoms with Crippen LogP contribution in [0.15, 0.2) is 0 Å². The molecule has 0 nitrogen and oxygen atoms in total. The van der Waals surface area contributed by atoms with Gasteiger partial charge in [-0.15, -0.1) is 0 Å². The van der Waals surface area contributed by atoms with Crippen LogP contribution in [0.4, 0.5) is 0 Å². The second-order valence-electron chi connectivity index (χ2n) is 7.38. The van der Waals surface area contributed by atoms with Gasteiger partial charge in [-0.3, -0.25) is 0 Å². The summed E-state index contributed by atoms with van der Waals surface area (Å²) in [6.45, 7) is 21.7. The van der Waals surface area contributed by atoms with Crippen LogP contribution in [0, 0.1) is 41.4 Å². The zero-order chi connectivity index (χ0) is 14.5. The minimum Gasteiger partial charge on any atom is -0.0654 e. The molecule has 0 rings (SSSR count). The van der Waals surface area contributed by atoms with Gasteiger partial charge in [0.15, 0.2) is 0 Å². The molecule has 0 spiro atoms. The Kier molecular flexibility index (Phi) is 8.23. The van der Waals surface area contributed by atoms with Crippen molar-refractivity contribution in [1.82, 2.24) is 0 Å². The molecule has 110 valence electrons. The average molecular weight is 255 g/mol. The van der Waals surface area contributed by atoms with E-state index in [0.29, 0.717) is 0 Å². The predicted molar refractivity (Wildman–Crippen MR) is 84.7 cm³/mol. The molecule has 0 heterocycles. The van der Waals surface area contributed by atoms with Crippen molar-refractivity contribution in [3.63, 3.8) is 0 Å². The topological polar surface area (TPSA) is 0 Å². The molecule has 0 saturated heterocycles. The van der Waals surface area contributed by atoms with E-state index in [9.17, 15) is 0 Å². The molecule has 0 bridgehead atoms. The van der Waals surface area contributed by atoms with Crippen molar-refractivity contribution < 1.29 is 0 Å². The molecule has 0 aromatic heterocycles. The molecule has 5 unspecified atom stereocenters. The molecule has 0 aliphatic heterocycles. The Hall–Kier alpha value is 0. The van der Waals surface area contributed by atoms with Gasteiger partial charge in [-0.1, -0.05) is 75.2 Å². The first-order valence-corrected chi connectivity index (χ1v) is 8.23. The van der Waals surface area contributed by atoms with E-state index < -0.39 is 0 Å². The Labute approximate surface area is 117 Å². The summed E-state index contributed by atoms with van der Waals surface area (Å²) in [6, 6.07) is 0. The summed E-state index contributed by atoms with van der Waals surface area (Å²) in [7, 11) is 0. The van der Waals surface area contributed by atoms with E-state index in [1.54, 1.807) is 0 Å². The Balaban J connectivity index is 4.68. The maximum Gasteiger partial charge on any atom is -0.0363 e. The van der Waals surface area contributed by atoms with Gasteiger partial charge in [0.1, 0.15) is 0 Å². The van der Waals surface area contributed by atoms with Crippen LogP contribution in [0.25, 0.3) is 0 Å². The molecule has 18 heavy (non-hydrogen) atoms. The molecular weight excluding hydrogens is 216 g/mol. The lowest BCUT2D eigenvalue weighted by Gasteiger charge is -2.38. The fourth-order valence-corrected chi connectivity index (χ4v) is 3.49. The summed E-state index contributed by atoms with van der Waals surface area (Å²) in [4.78, 5) is 0. The summed E-state index contributed by atoms with van der Waals surface area (Å²) in [5.74, 6) is 5.87. The molecule has 0 aliphatic carbocycles. The lowest BCUT2D eigenvalue weighted by molar-refractivity contribution is 0.112. The van der Waals surface area contributed by atoms with E-state index in [-0.39, 0.29) is 0 Å². The molecule has 0 amide bonds. The van der Waals surface area contributed by atoms with Crippen molar-refractivity contribution in [1.29, 1.82) is 0 Å². The maximum atomic E-state index is 2.49. The molecular formula is C18H38. The van der Waals surface area contributed by atoms with Crippen molar-refractivity contribution in [2.24, 2.45) is 41.4 Å². The van der Waals surface area contributed by atoms with Crippen molar-refractivity contribution in [3.8, 4) is 0 Å². The van der Waals surface area contributed by atoms with Crippen LogP contribution in [0.5, 0.6) is 0 Å². The molecule has 0 saturated carbocycles. The third kappa shape index (κ3) is 4.94. The second kappa shape index (κ2) is 8.23. The highest BCUT2D eigenvalue weighted by Crippen LogP contribution is 2.38. The first kappa shape index (κ1) is 18.0. The average Bonchev–Trinajstić information content (AvgIpc) is 2.31. The highest BCUT2D eigenvalue weighted by atomic mass is 14.4. The smallest absolute Gasteiger partial charge is 0.0363 e. The zero-order valence-electron chi connectivity index (χ0n) is 14.5. The highest BCUT2D eigenvalue weighted by molar-refractivity contribution is 4.79. The Morgan fingerprint density at radius 3 is 1.33 bits per heavy atom. The van der Waals surface area contributed by atoms with Crippen molar-refractivity contribution >= 4 is 0 Å². The van der Waals surface area contributed by atoms with Crippen LogP contribution < -0.4 is 0 Å². The van der Waals surface area contributed by atoms with E-state index in [2.05, 4.69) is 62.3 Å². The zero-order valence-corrected chi connectivity index (χ0v) is 14.5. The predicted octanol–water partition coefficient (Wildman–Crippen LogP) is 6.26. The molecule has 0 aliphatic rings. The van der Waals surface area contributed by atoms with Gasteiger partial charge in [0.2, 0.25) is 0 Å². The van der Waals surface area contributed by atoms with Crippen LogP contribution in [-0.2, 0) is 0 Å². The number of hydrogen-bond donors (Lipinski definition) is 0. The largest absolute Gasteiger partial charge is 0.0654 e.